The Morgan fingerprint density at radius 3 is 2.71 bits per heavy atom. The molecule has 0 aromatic heterocycles. The van der Waals surface area contributed by atoms with Gasteiger partial charge in [-0.15, -0.1) is 0 Å². The number of benzene rings is 2. The number of piperidine rings is 1. The number of phenols is 1. The molecule has 7 nitrogen and oxygen atoms in total. The van der Waals surface area contributed by atoms with Gasteiger partial charge in [0.2, 0.25) is 5.91 Å². The van der Waals surface area contributed by atoms with Crippen molar-refractivity contribution in [2.24, 2.45) is 5.92 Å². The zero-order valence-electron chi connectivity index (χ0n) is 22.5. The van der Waals surface area contributed by atoms with Gasteiger partial charge in [-0.05, 0) is 73.9 Å². The van der Waals surface area contributed by atoms with E-state index in [1.54, 1.807) is 13.1 Å². The Labute approximate surface area is 235 Å². The number of ether oxygens (including phenoxy) is 1. The van der Waals surface area contributed by atoms with Crippen LogP contribution in [0.2, 0.25) is 0 Å². The summed E-state index contributed by atoms with van der Waals surface area (Å²) >= 11 is 0. The molecule has 5 aliphatic rings. The van der Waals surface area contributed by atoms with Gasteiger partial charge >= 0.3 is 6.18 Å². The highest BCUT2D eigenvalue weighted by Crippen LogP contribution is 2.66. The quantitative estimate of drug-likeness (QED) is 0.527. The van der Waals surface area contributed by atoms with E-state index in [9.17, 15) is 33.0 Å². The van der Waals surface area contributed by atoms with Crippen LogP contribution >= 0.6 is 0 Å². The van der Waals surface area contributed by atoms with Gasteiger partial charge in [0, 0.05) is 37.3 Å². The predicted molar refractivity (Wildman–Crippen MR) is 142 cm³/mol. The Bertz CT molecular complexity index is 1490. The molecule has 216 valence electrons. The number of rotatable bonds is 5. The van der Waals surface area contributed by atoms with E-state index < -0.39 is 46.9 Å². The van der Waals surface area contributed by atoms with E-state index in [4.69, 9.17) is 4.74 Å². The van der Waals surface area contributed by atoms with Gasteiger partial charge in [0.15, 0.2) is 17.3 Å². The van der Waals surface area contributed by atoms with E-state index in [0.29, 0.717) is 36.4 Å². The molecule has 2 saturated carbocycles. The Balaban J connectivity index is 1.23. The van der Waals surface area contributed by atoms with Gasteiger partial charge in [-0.3, -0.25) is 14.5 Å². The molecule has 2 bridgehead atoms. The van der Waals surface area contributed by atoms with Crippen molar-refractivity contribution in [1.82, 2.24) is 9.80 Å². The molecule has 0 radical (unpaired) electrons. The Morgan fingerprint density at radius 2 is 1.98 bits per heavy atom. The minimum absolute atomic E-state index is 0.112. The summed E-state index contributed by atoms with van der Waals surface area (Å²) in [7, 11) is 1.62. The number of aliphatic hydroxyl groups is 1. The van der Waals surface area contributed by atoms with Gasteiger partial charge in [0.25, 0.3) is 0 Å². The third kappa shape index (κ3) is 3.72. The van der Waals surface area contributed by atoms with E-state index in [1.807, 2.05) is 0 Å². The van der Waals surface area contributed by atoms with Crippen LogP contribution in [0, 0.1) is 5.92 Å². The van der Waals surface area contributed by atoms with Crippen molar-refractivity contribution in [1.29, 1.82) is 0 Å². The number of hydrogen-bond donors (Lipinski definition) is 2. The lowest BCUT2D eigenvalue weighted by molar-refractivity contribution is -0.187. The SMILES string of the molecule is CN(C(=O)C=Cc1cccc(C(F)(F)F)c1)[C@H]1CC[C@@]2(O)[C@H]3C(=O)c4ccc(O)c5c4[C@@]2(CCN3CC2CC2)[C@H]1O5. The van der Waals surface area contributed by atoms with E-state index in [1.165, 1.54) is 35.3 Å². The molecule has 1 saturated heterocycles. The molecule has 41 heavy (non-hydrogen) atoms. The lowest BCUT2D eigenvalue weighted by Crippen LogP contribution is -2.79. The first-order chi connectivity index (χ1) is 19.5. The van der Waals surface area contributed by atoms with Crippen LogP contribution in [0.4, 0.5) is 13.2 Å². The van der Waals surface area contributed by atoms with E-state index >= 15 is 0 Å². The number of Topliss-reactive ketones (excluding diaryl/α,β-unsaturated/α-hetero) is 1. The van der Waals surface area contributed by atoms with Gasteiger partial charge in [-0.1, -0.05) is 12.1 Å². The molecule has 10 heteroatoms. The number of amides is 1. The number of aromatic hydroxyl groups is 1. The van der Waals surface area contributed by atoms with Gasteiger partial charge < -0.3 is 19.8 Å². The summed E-state index contributed by atoms with van der Waals surface area (Å²) in [5.74, 6) is 0.0274. The van der Waals surface area contributed by atoms with Gasteiger partial charge in [0.1, 0.15) is 17.7 Å². The molecule has 2 heterocycles. The topological polar surface area (TPSA) is 90.3 Å². The number of halogens is 3. The normalized spacial score (nSPS) is 32.1. The number of nitrogens with zero attached hydrogens (tertiary/aromatic N) is 2. The highest BCUT2D eigenvalue weighted by molar-refractivity contribution is 6.06. The number of ketones is 1. The molecule has 2 aromatic carbocycles. The maximum Gasteiger partial charge on any atom is 0.416 e. The number of likely N-dealkylation sites (tertiary alicyclic amines) is 1. The van der Waals surface area contributed by atoms with Gasteiger partial charge in [-0.25, -0.2) is 0 Å². The smallest absolute Gasteiger partial charge is 0.416 e. The Morgan fingerprint density at radius 1 is 1.20 bits per heavy atom. The molecule has 2 N–H and O–H groups in total. The number of alkyl halides is 3. The summed E-state index contributed by atoms with van der Waals surface area (Å²) in [6.07, 6.45) is 0.747. The van der Waals surface area contributed by atoms with Crippen molar-refractivity contribution in [3.8, 4) is 11.5 Å². The lowest BCUT2D eigenvalue weighted by atomic mass is 9.48. The Kier molecular flexibility index (Phi) is 5.70. The fourth-order valence-electron chi connectivity index (χ4n) is 7.96. The minimum Gasteiger partial charge on any atom is -0.504 e. The highest BCUT2D eigenvalue weighted by atomic mass is 19.4. The number of hydrogen-bond acceptors (Lipinski definition) is 6. The van der Waals surface area contributed by atoms with Gasteiger partial charge in [-0.2, -0.15) is 13.2 Å². The van der Waals surface area contributed by atoms with E-state index in [2.05, 4.69) is 4.90 Å². The number of likely N-dealkylation sites (N-methyl/N-ethyl adjacent to an activating group) is 1. The second-order valence-electron chi connectivity index (χ2n) is 12.2. The fourth-order valence-corrected chi connectivity index (χ4v) is 7.96. The molecular weight excluding hydrogens is 537 g/mol. The molecule has 1 amide bonds. The maximum absolute atomic E-state index is 13.9. The Hall–Kier alpha value is -3.37. The molecule has 2 aromatic rings. The third-order valence-electron chi connectivity index (χ3n) is 10.0. The summed E-state index contributed by atoms with van der Waals surface area (Å²) in [5, 5.41) is 23.3. The van der Waals surface area contributed by atoms with Crippen LogP contribution in [0.3, 0.4) is 0 Å². The maximum atomic E-state index is 13.9. The van der Waals surface area contributed by atoms with Crippen molar-refractivity contribution in [3.63, 3.8) is 0 Å². The highest BCUT2D eigenvalue weighted by Gasteiger charge is 2.75. The number of phenolic OH excluding ortho intramolecular Hbond substituents is 1. The number of carbonyl (C=O) groups is 2. The number of carbonyl (C=O) groups excluding carboxylic acids is 2. The molecule has 0 unspecified atom stereocenters. The first-order valence-corrected chi connectivity index (χ1v) is 14.1. The summed E-state index contributed by atoms with van der Waals surface area (Å²) < 4.78 is 45.8. The summed E-state index contributed by atoms with van der Waals surface area (Å²) in [6.45, 7) is 1.34. The summed E-state index contributed by atoms with van der Waals surface area (Å²) in [6, 6.07) is 6.59. The molecule has 3 fully saturated rings. The summed E-state index contributed by atoms with van der Waals surface area (Å²) in [5.41, 5.74) is -1.97. The minimum atomic E-state index is -4.49. The van der Waals surface area contributed by atoms with Crippen LogP contribution in [0.5, 0.6) is 11.5 Å². The standard InChI is InChI=1S/C31H31F3N2O5/c1-35(23(38)10-7-17-3-2-4-19(15-17)31(32,33)34)21-11-12-30(40)27-25(39)20-8-9-22(37)26-24(20)29(30,28(21)41-26)13-14-36(27)16-18-5-6-18/h2-4,7-10,15,18,21,27-28,37,40H,5-6,11-14,16H2,1H3/t21-,27+,28-,29-,30+/m0/s1. The molecule has 1 spiro atoms. The monoisotopic (exact) mass is 568 g/mol. The molecule has 7 rings (SSSR count). The molecule has 2 aliphatic heterocycles. The zero-order valence-corrected chi connectivity index (χ0v) is 22.5. The average molecular weight is 569 g/mol. The first-order valence-electron chi connectivity index (χ1n) is 14.1. The van der Waals surface area contributed by atoms with Crippen molar-refractivity contribution in [2.75, 3.05) is 20.1 Å². The fraction of sp³-hybridized carbons (Fsp3) is 0.484. The second-order valence-corrected chi connectivity index (χ2v) is 12.2. The van der Waals surface area contributed by atoms with E-state index in [0.717, 1.165) is 31.5 Å². The zero-order chi connectivity index (χ0) is 28.9. The molecule has 5 atom stereocenters. The van der Waals surface area contributed by atoms with Crippen LogP contribution in [-0.4, -0.2) is 75.6 Å². The van der Waals surface area contributed by atoms with Crippen LogP contribution in [0.25, 0.3) is 6.08 Å². The lowest BCUT2D eigenvalue weighted by Gasteiger charge is -2.63. The van der Waals surface area contributed by atoms with E-state index in [-0.39, 0.29) is 29.3 Å². The third-order valence-corrected chi connectivity index (χ3v) is 10.0. The van der Waals surface area contributed by atoms with Crippen LogP contribution in [0.15, 0.2) is 42.5 Å². The van der Waals surface area contributed by atoms with Crippen LogP contribution in [0.1, 0.15) is 59.2 Å². The van der Waals surface area contributed by atoms with Crippen molar-refractivity contribution < 1.29 is 37.7 Å². The van der Waals surface area contributed by atoms with Crippen LogP contribution < -0.4 is 4.74 Å². The van der Waals surface area contributed by atoms with Crippen molar-refractivity contribution in [3.05, 3.63) is 64.7 Å². The first kappa shape index (κ1) is 26.5. The van der Waals surface area contributed by atoms with Gasteiger partial charge in [0.05, 0.1) is 17.0 Å². The second kappa shape index (κ2) is 8.82. The van der Waals surface area contributed by atoms with Crippen molar-refractivity contribution in [2.45, 2.75) is 67.5 Å². The van der Waals surface area contributed by atoms with Crippen LogP contribution in [-0.2, 0) is 16.4 Å². The van der Waals surface area contributed by atoms with Crippen molar-refractivity contribution >= 4 is 17.8 Å². The molecule has 3 aliphatic carbocycles. The molecular formula is C31H31F3N2O5. The average Bonchev–Trinajstić information content (AvgIpc) is 3.68. The predicted octanol–water partition coefficient (Wildman–Crippen LogP) is 4.16. The summed E-state index contributed by atoms with van der Waals surface area (Å²) in [4.78, 5) is 30.9. The largest absolute Gasteiger partial charge is 0.504 e.